The van der Waals surface area contributed by atoms with E-state index in [0.29, 0.717) is 0 Å². The first-order valence-corrected chi connectivity index (χ1v) is 7.11. The van der Waals surface area contributed by atoms with Crippen molar-refractivity contribution < 1.29 is 17.9 Å². The molecule has 0 atom stereocenters. The molecule has 0 bridgehead atoms. The highest BCUT2D eigenvalue weighted by Crippen LogP contribution is 2.35. The summed E-state index contributed by atoms with van der Waals surface area (Å²) in [6, 6.07) is 5.91. The number of nitrogens with zero attached hydrogens (tertiary/aromatic N) is 3. The van der Waals surface area contributed by atoms with Gasteiger partial charge in [0.05, 0.1) is 32.0 Å². The summed E-state index contributed by atoms with van der Waals surface area (Å²) in [4.78, 5) is -0.228. The van der Waals surface area contributed by atoms with Crippen LogP contribution in [0.3, 0.4) is 0 Å². The van der Waals surface area contributed by atoms with Gasteiger partial charge in [-0.05, 0) is 6.07 Å². The molecule has 0 aliphatic heterocycles. The van der Waals surface area contributed by atoms with Gasteiger partial charge in [0.2, 0.25) is 10.0 Å². The standard InChI is InChI=1S/C12H14N4O4S/c1-19-10-8-11(20-2)12(7-9(10)15)21(17,18)16(5-3-13)6-4-14/h7-8H,5-6,15H2,1-2H3. The topological polar surface area (TPSA) is 129 Å². The number of hydrogen-bond donors (Lipinski definition) is 1. The summed E-state index contributed by atoms with van der Waals surface area (Å²) in [6.07, 6.45) is 0. The SMILES string of the molecule is COc1cc(OC)c(S(=O)(=O)N(CC#N)CC#N)cc1N. The molecule has 0 aliphatic rings. The first-order chi connectivity index (χ1) is 9.92. The van der Waals surface area contributed by atoms with Gasteiger partial charge in [-0.15, -0.1) is 0 Å². The second kappa shape index (κ2) is 6.79. The van der Waals surface area contributed by atoms with Crippen molar-refractivity contribution in [2.75, 3.05) is 33.0 Å². The fourth-order valence-electron chi connectivity index (χ4n) is 1.62. The normalized spacial score (nSPS) is 10.7. The summed E-state index contributed by atoms with van der Waals surface area (Å²) >= 11 is 0. The third kappa shape index (κ3) is 3.34. The van der Waals surface area contributed by atoms with E-state index >= 15 is 0 Å². The van der Waals surface area contributed by atoms with E-state index in [1.165, 1.54) is 26.4 Å². The monoisotopic (exact) mass is 310 g/mol. The number of ether oxygens (including phenoxy) is 2. The first-order valence-electron chi connectivity index (χ1n) is 5.67. The highest BCUT2D eigenvalue weighted by atomic mass is 32.2. The summed E-state index contributed by atoms with van der Waals surface area (Å²) in [6.45, 7) is -0.907. The third-order valence-electron chi connectivity index (χ3n) is 2.63. The van der Waals surface area contributed by atoms with E-state index in [9.17, 15) is 8.42 Å². The maximum atomic E-state index is 12.5. The zero-order valence-electron chi connectivity index (χ0n) is 11.5. The molecule has 0 aromatic heterocycles. The van der Waals surface area contributed by atoms with Gasteiger partial charge in [-0.2, -0.15) is 14.8 Å². The maximum absolute atomic E-state index is 12.5. The Kier molecular flexibility index (Phi) is 5.36. The predicted molar refractivity (Wildman–Crippen MR) is 73.9 cm³/mol. The van der Waals surface area contributed by atoms with Gasteiger partial charge < -0.3 is 15.2 Å². The smallest absolute Gasteiger partial charge is 0.248 e. The Balaban J connectivity index is 3.47. The summed E-state index contributed by atoms with van der Waals surface area (Å²) in [5.41, 5.74) is 5.81. The molecule has 0 heterocycles. The van der Waals surface area contributed by atoms with Crippen molar-refractivity contribution in [1.82, 2.24) is 4.31 Å². The van der Waals surface area contributed by atoms with Crippen LogP contribution in [-0.4, -0.2) is 40.0 Å². The Morgan fingerprint density at radius 3 is 2.10 bits per heavy atom. The van der Waals surface area contributed by atoms with Gasteiger partial charge in [0.1, 0.15) is 29.5 Å². The van der Waals surface area contributed by atoms with Crippen LogP contribution in [0.15, 0.2) is 17.0 Å². The van der Waals surface area contributed by atoms with Gasteiger partial charge in [-0.25, -0.2) is 8.42 Å². The zero-order chi connectivity index (χ0) is 16.0. The van der Waals surface area contributed by atoms with E-state index in [-0.39, 0.29) is 22.1 Å². The molecule has 0 amide bonds. The number of rotatable bonds is 6. The van der Waals surface area contributed by atoms with E-state index in [1.54, 1.807) is 12.1 Å². The van der Waals surface area contributed by atoms with Gasteiger partial charge >= 0.3 is 0 Å². The number of benzene rings is 1. The molecule has 0 saturated heterocycles. The summed E-state index contributed by atoms with van der Waals surface area (Å²) in [5, 5.41) is 17.4. The number of nitriles is 2. The molecular weight excluding hydrogens is 296 g/mol. The van der Waals surface area contributed by atoms with Crippen molar-refractivity contribution in [2.45, 2.75) is 4.90 Å². The Hall–Kier alpha value is -2.49. The maximum Gasteiger partial charge on any atom is 0.248 e. The Morgan fingerprint density at radius 2 is 1.67 bits per heavy atom. The fraction of sp³-hybridized carbons (Fsp3) is 0.333. The number of methoxy groups -OCH3 is 2. The molecule has 0 spiro atoms. The van der Waals surface area contributed by atoms with Crippen molar-refractivity contribution in [3.63, 3.8) is 0 Å². The molecule has 0 saturated carbocycles. The second-order valence-electron chi connectivity index (χ2n) is 3.83. The van der Waals surface area contributed by atoms with Crippen molar-refractivity contribution in [1.29, 1.82) is 10.5 Å². The van der Waals surface area contributed by atoms with E-state index in [4.69, 9.17) is 25.7 Å². The molecule has 1 rings (SSSR count). The molecular formula is C12H14N4O4S. The Bertz CT molecular complexity index is 687. The van der Waals surface area contributed by atoms with Crippen molar-refractivity contribution >= 4 is 15.7 Å². The van der Waals surface area contributed by atoms with Gasteiger partial charge in [0.25, 0.3) is 0 Å². The number of hydrogen-bond acceptors (Lipinski definition) is 7. The molecule has 112 valence electrons. The van der Waals surface area contributed by atoms with Gasteiger partial charge in [0.15, 0.2) is 0 Å². The molecule has 9 heteroatoms. The largest absolute Gasteiger partial charge is 0.495 e. The summed E-state index contributed by atoms with van der Waals surface area (Å²) in [5.74, 6) is 0.278. The lowest BCUT2D eigenvalue weighted by Gasteiger charge is -2.19. The lowest BCUT2D eigenvalue weighted by atomic mass is 10.3. The highest BCUT2D eigenvalue weighted by molar-refractivity contribution is 7.89. The van der Waals surface area contributed by atoms with Crippen molar-refractivity contribution in [2.24, 2.45) is 0 Å². The summed E-state index contributed by atoms with van der Waals surface area (Å²) in [7, 11) is -1.41. The molecule has 0 unspecified atom stereocenters. The Labute approximate surface area is 122 Å². The van der Waals surface area contributed by atoms with Gasteiger partial charge in [-0.3, -0.25) is 0 Å². The molecule has 21 heavy (non-hydrogen) atoms. The molecule has 0 aliphatic carbocycles. The molecule has 2 N–H and O–H groups in total. The van der Waals surface area contributed by atoms with E-state index in [1.807, 2.05) is 0 Å². The third-order valence-corrected chi connectivity index (χ3v) is 4.44. The fourth-order valence-corrected chi connectivity index (χ4v) is 3.02. The predicted octanol–water partition coefficient (Wildman–Crippen LogP) is 0.324. The van der Waals surface area contributed by atoms with E-state index in [0.717, 1.165) is 4.31 Å². The molecule has 0 fully saturated rings. The average Bonchev–Trinajstić information content (AvgIpc) is 2.46. The minimum Gasteiger partial charge on any atom is -0.495 e. The molecule has 0 radical (unpaired) electrons. The van der Waals surface area contributed by atoms with Crippen LogP contribution in [0.1, 0.15) is 0 Å². The van der Waals surface area contributed by atoms with Crippen LogP contribution >= 0.6 is 0 Å². The lowest BCUT2D eigenvalue weighted by Crippen LogP contribution is -2.32. The van der Waals surface area contributed by atoms with Crippen LogP contribution in [0.5, 0.6) is 11.5 Å². The van der Waals surface area contributed by atoms with Crippen LogP contribution in [0.4, 0.5) is 5.69 Å². The minimum atomic E-state index is -4.09. The first kappa shape index (κ1) is 16.6. The number of nitrogen functional groups attached to an aromatic ring is 1. The van der Waals surface area contributed by atoms with Crippen LogP contribution in [-0.2, 0) is 10.0 Å². The zero-order valence-corrected chi connectivity index (χ0v) is 12.3. The lowest BCUT2D eigenvalue weighted by molar-refractivity contribution is 0.384. The number of nitrogens with two attached hydrogens (primary N) is 1. The van der Waals surface area contributed by atoms with E-state index < -0.39 is 23.1 Å². The van der Waals surface area contributed by atoms with E-state index in [2.05, 4.69) is 0 Å². The van der Waals surface area contributed by atoms with Crippen LogP contribution < -0.4 is 15.2 Å². The van der Waals surface area contributed by atoms with Crippen molar-refractivity contribution in [3.05, 3.63) is 12.1 Å². The van der Waals surface area contributed by atoms with Crippen molar-refractivity contribution in [3.8, 4) is 23.6 Å². The summed E-state index contributed by atoms with van der Waals surface area (Å²) < 4.78 is 35.7. The highest BCUT2D eigenvalue weighted by Gasteiger charge is 2.28. The Morgan fingerprint density at radius 1 is 1.14 bits per heavy atom. The second-order valence-corrected chi connectivity index (χ2v) is 5.74. The van der Waals surface area contributed by atoms with Gasteiger partial charge in [0, 0.05) is 6.07 Å². The quantitative estimate of drug-likeness (QED) is 0.591. The number of sulfonamides is 1. The van der Waals surface area contributed by atoms with Crippen LogP contribution in [0.2, 0.25) is 0 Å². The average molecular weight is 310 g/mol. The van der Waals surface area contributed by atoms with Crippen LogP contribution in [0.25, 0.3) is 0 Å². The van der Waals surface area contributed by atoms with Gasteiger partial charge in [-0.1, -0.05) is 0 Å². The molecule has 1 aromatic carbocycles. The number of anilines is 1. The van der Waals surface area contributed by atoms with Crippen LogP contribution in [0, 0.1) is 22.7 Å². The molecule has 8 nitrogen and oxygen atoms in total. The minimum absolute atomic E-state index is 0.0157. The molecule has 1 aromatic rings.